The molecule has 3 N–H and O–H groups in total. The number of likely N-dealkylation sites (N-methyl/N-ethyl adjacent to an activating group) is 1. The Hall–Kier alpha value is -3.00. The first kappa shape index (κ1) is 32.9. The predicted molar refractivity (Wildman–Crippen MR) is 170 cm³/mol. The number of likely N-dealkylation sites (tertiary alicyclic amines) is 1. The van der Waals surface area contributed by atoms with Crippen molar-refractivity contribution in [3.8, 4) is 6.07 Å². The van der Waals surface area contributed by atoms with Crippen LogP contribution < -0.4 is 11.1 Å². The minimum absolute atomic E-state index is 0.0353. The molecule has 4 rings (SSSR count). The number of amides is 2. The summed E-state index contributed by atoms with van der Waals surface area (Å²) in [7, 11) is 2.17. The molecule has 2 saturated heterocycles. The van der Waals surface area contributed by atoms with E-state index in [4.69, 9.17) is 22.6 Å². The van der Waals surface area contributed by atoms with Crippen molar-refractivity contribution < 1.29 is 9.59 Å². The van der Waals surface area contributed by atoms with E-state index < -0.39 is 12.1 Å². The maximum Gasteiger partial charge on any atom is 0.245 e. The molecule has 0 aliphatic carbocycles. The molecule has 232 valence electrons. The molecule has 43 heavy (non-hydrogen) atoms. The molecule has 2 fully saturated rings. The van der Waals surface area contributed by atoms with Gasteiger partial charge in [-0.3, -0.25) is 9.59 Å². The zero-order chi connectivity index (χ0) is 30.9. The Labute approximate surface area is 261 Å². The van der Waals surface area contributed by atoms with Crippen molar-refractivity contribution in [3.63, 3.8) is 0 Å². The number of hydrogen-bond donors (Lipinski definition) is 2. The van der Waals surface area contributed by atoms with Gasteiger partial charge in [0.2, 0.25) is 11.8 Å². The molecule has 10 heteroatoms. The van der Waals surface area contributed by atoms with Crippen molar-refractivity contribution in [1.29, 1.82) is 5.26 Å². The van der Waals surface area contributed by atoms with Gasteiger partial charge in [-0.05, 0) is 61.2 Å². The van der Waals surface area contributed by atoms with Gasteiger partial charge in [0.1, 0.15) is 6.04 Å². The number of nitrogens with zero attached hydrogens (tertiary/aromatic N) is 5. The number of rotatable bonds is 11. The van der Waals surface area contributed by atoms with E-state index >= 15 is 0 Å². The summed E-state index contributed by atoms with van der Waals surface area (Å²) in [6, 6.07) is 15.5. The monoisotopic (exact) mass is 607 g/mol. The Morgan fingerprint density at radius 3 is 2.23 bits per heavy atom. The molecule has 2 atom stereocenters. The van der Waals surface area contributed by atoms with Crippen molar-refractivity contribution in [2.75, 3.05) is 52.9 Å². The molecule has 0 saturated carbocycles. The number of nitrogens with one attached hydrogen (secondary N) is 1. The van der Waals surface area contributed by atoms with E-state index in [2.05, 4.69) is 47.2 Å². The number of nitrogens with two attached hydrogens (primary N) is 1. The van der Waals surface area contributed by atoms with Crippen LogP contribution in [0, 0.1) is 17.2 Å². The van der Waals surface area contributed by atoms with E-state index in [1.54, 1.807) is 36.4 Å². The molecule has 9 nitrogen and oxygen atoms in total. The van der Waals surface area contributed by atoms with Crippen molar-refractivity contribution in [1.82, 2.24) is 25.1 Å². The zero-order valence-electron chi connectivity index (χ0n) is 25.7. The summed E-state index contributed by atoms with van der Waals surface area (Å²) in [5.41, 5.74) is 8.56. The maximum absolute atomic E-state index is 13.9. The minimum Gasteiger partial charge on any atom is -0.344 e. The van der Waals surface area contributed by atoms with Crippen LogP contribution in [0.1, 0.15) is 55.8 Å². The van der Waals surface area contributed by atoms with E-state index in [-0.39, 0.29) is 18.2 Å². The van der Waals surface area contributed by atoms with Gasteiger partial charge in [-0.1, -0.05) is 49.7 Å². The lowest BCUT2D eigenvalue weighted by Gasteiger charge is -2.47. The smallest absolute Gasteiger partial charge is 0.245 e. The van der Waals surface area contributed by atoms with Gasteiger partial charge in [0.15, 0.2) is 0 Å². The van der Waals surface area contributed by atoms with Gasteiger partial charge in [0.05, 0.1) is 11.6 Å². The summed E-state index contributed by atoms with van der Waals surface area (Å²) in [6.45, 7) is 11.0. The number of nitriles is 1. The molecule has 0 spiro atoms. The fourth-order valence-corrected chi connectivity index (χ4v) is 6.09. The Kier molecular flexibility index (Phi) is 12.0. The first-order valence-corrected chi connectivity index (χ1v) is 15.8. The van der Waals surface area contributed by atoms with E-state index in [0.717, 1.165) is 56.7 Å². The fourth-order valence-electron chi connectivity index (χ4n) is 5.96. The van der Waals surface area contributed by atoms with Crippen LogP contribution in [-0.4, -0.2) is 96.6 Å². The second kappa shape index (κ2) is 15.6. The van der Waals surface area contributed by atoms with Gasteiger partial charge in [-0.2, -0.15) is 5.26 Å². The average molecular weight is 608 g/mol. The zero-order valence-corrected chi connectivity index (χ0v) is 26.5. The molecular weight excluding hydrogens is 562 g/mol. The van der Waals surface area contributed by atoms with Crippen LogP contribution in [0.5, 0.6) is 0 Å². The van der Waals surface area contributed by atoms with Crippen molar-refractivity contribution in [2.45, 2.75) is 57.7 Å². The number of hydrazine groups is 1. The van der Waals surface area contributed by atoms with Crippen LogP contribution in [0.2, 0.25) is 5.02 Å². The Balaban J connectivity index is 1.41. The number of piperidine rings is 1. The largest absolute Gasteiger partial charge is 0.344 e. The summed E-state index contributed by atoms with van der Waals surface area (Å²) in [4.78, 5) is 31.4. The molecule has 0 aromatic heterocycles. The van der Waals surface area contributed by atoms with E-state index in [1.165, 1.54) is 0 Å². The first-order valence-electron chi connectivity index (χ1n) is 15.4. The Morgan fingerprint density at radius 1 is 1.02 bits per heavy atom. The summed E-state index contributed by atoms with van der Waals surface area (Å²) in [5.74, 6) is 0.204. The number of benzene rings is 2. The second-order valence-electron chi connectivity index (χ2n) is 12.3. The van der Waals surface area contributed by atoms with Crippen LogP contribution in [0.4, 0.5) is 0 Å². The summed E-state index contributed by atoms with van der Waals surface area (Å²) in [5, 5.41) is 17.8. The fraction of sp³-hybridized carbons (Fsp3) is 0.545. The van der Waals surface area contributed by atoms with Gasteiger partial charge in [-0.15, -0.1) is 0 Å². The van der Waals surface area contributed by atoms with Crippen LogP contribution in [0.15, 0.2) is 48.5 Å². The number of piperazine rings is 1. The van der Waals surface area contributed by atoms with E-state index in [9.17, 15) is 9.59 Å². The maximum atomic E-state index is 13.9. The molecule has 2 heterocycles. The molecule has 2 aromatic carbocycles. The highest BCUT2D eigenvalue weighted by atomic mass is 35.5. The van der Waals surface area contributed by atoms with Crippen molar-refractivity contribution in [3.05, 3.63) is 70.2 Å². The highest BCUT2D eigenvalue weighted by molar-refractivity contribution is 6.30. The molecule has 2 amide bonds. The van der Waals surface area contributed by atoms with Crippen LogP contribution >= 0.6 is 11.6 Å². The van der Waals surface area contributed by atoms with Gasteiger partial charge in [-0.25, -0.2) is 10.0 Å². The Bertz CT molecular complexity index is 1230. The number of hydrogen-bond acceptors (Lipinski definition) is 7. The third kappa shape index (κ3) is 9.49. The highest BCUT2D eigenvalue weighted by Crippen LogP contribution is 2.23. The number of carbonyl (C=O) groups is 2. The van der Waals surface area contributed by atoms with Crippen molar-refractivity contribution >= 4 is 23.4 Å². The highest BCUT2D eigenvalue weighted by Gasteiger charge is 2.34. The Morgan fingerprint density at radius 2 is 1.65 bits per heavy atom. The summed E-state index contributed by atoms with van der Waals surface area (Å²) in [6.07, 6.45) is 2.20. The molecule has 2 aliphatic heterocycles. The molecular formula is C33H46ClN7O2. The van der Waals surface area contributed by atoms with Gasteiger partial charge in [0, 0.05) is 75.8 Å². The van der Waals surface area contributed by atoms with Gasteiger partial charge < -0.3 is 20.9 Å². The number of halogens is 1. The molecule has 0 radical (unpaired) electrons. The van der Waals surface area contributed by atoms with Crippen molar-refractivity contribution in [2.24, 2.45) is 11.7 Å². The van der Waals surface area contributed by atoms with E-state index in [1.807, 2.05) is 17.0 Å². The lowest BCUT2D eigenvalue weighted by atomic mass is 9.99. The van der Waals surface area contributed by atoms with Gasteiger partial charge in [0.25, 0.3) is 0 Å². The topological polar surface area (TPSA) is 109 Å². The van der Waals surface area contributed by atoms with Crippen LogP contribution in [0.3, 0.4) is 0 Å². The normalized spacial score (nSPS) is 18.4. The molecule has 2 aliphatic rings. The van der Waals surface area contributed by atoms with Gasteiger partial charge >= 0.3 is 0 Å². The van der Waals surface area contributed by atoms with Crippen LogP contribution in [-0.2, 0) is 16.0 Å². The van der Waals surface area contributed by atoms with E-state index in [0.29, 0.717) is 42.1 Å². The number of carbonyl (C=O) groups excluding carboxylic acids is 2. The average Bonchev–Trinajstić information content (AvgIpc) is 3.00. The molecule has 2 unspecified atom stereocenters. The minimum atomic E-state index is -0.706. The third-order valence-corrected chi connectivity index (χ3v) is 8.70. The summed E-state index contributed by atoms with van der Waals surface area (Å²) >= 11 is 6.10. The lowest BCUT2D eigenvalue weighted by Crippen LogP contribution is -2.60. The predicted octanol–water partition coefficient (Wildman–Crippen LogP) is 3.44. The van der Waals surface area contributed by atoms with Crippen LogP contribution in [0.25, 0.3) is 0 Å². The summed E-state index contributed by atoms with van der Waals surface area (Å²) < 4.78 is 0. The third-order valence-electron chi connectivity index (χ3n) is 8.45. The molecule has 2 aromatic rings. The molecule has 0 bridgehead atoms. The quantitative estimate of drug-likeness (QED) is 0.403. The standard InChI is InChI=1S/C33H46ClN7O2/c1-24(2)23-41(40-18-16-38(3)17-19-40)29-12-14-39(15-13-29)33(43)31(20-25-6-10-28(34)11-7-25)37-32(42)21-30(36)27-8-4-26(22-35)5-9-27/h4-11,24,29-31H,12-21,23,36H2,1-3H3,(H,37,42). The first-order chi connectivity index (χ1) is 20.6. The lowest BCUT2D eigenvalue weighted by molar-refractivity contribution is -0.140. The SMILES string of the molecule is CC(C)CN(C1CCN(C(=O)C(Cc2ccc(Cl)cc2)NC(=O)CC(N)c2ccc(C#N)cc2)CC1)N1CCN(C)CC1. The second-order valence-corrected chi connectivity index (χ2v) is 12.8.